The molecular formula is C13H22N4O3. The van der Waals surface area contributed by atoms with E-state index in [9.17, 15) is 9.59 Å². The summed E-state index contributed by atoms with van der Waals surface area (Å²) in [5.74, 6) is -1.33. The first kappa shape index (κ1) is 16.2. The predicted octanol–water partition coefficient (Wildman–Crippen LogP) is 0.600. The first-order valence-corrected chi connectivity index (χ1v) is 6.78. The Morgan fingerprint density at radius 2 is 2.10 bits per heavy atom. The number of amides is 1. The highest BCUT2D eigenvalue weighted by Crippen LogP contribution is 2.09. The largest absolute Gasteiger partial charge is 0.477 e. The zero-order chi connectivity index (χ0) is 15.1. The van der Waals surface area contributed by atoms with E-state index in [2.05, 4.69) is 29.2 Å². The zero-order valence-electron chi connectivity index (χ0n) is 12.2. The van der Waals surface area contributed by atoms with Crippen LogP contribution in [0.4, 0.5) is 0 Å². The smallest absolute Gasteiger partial charge is 0.354 e. The fourth-order valence-corrected chi connectivity index (χ4v) is 1.93. The summed E-state index contributed by atoms with van der Waals surface area (Å²) >= 11 is 0. The number of aromatic carboxylic acids is 1. The van der Waals surface area contributed by atoms with Gasteiger partial charge < -0.3 is 15.3 Å². The van der Waals surface area contributed by atoms with Gasteiger partial charge in [0.25, 0.3) is 0 Å². The second-order valence-corrected chi connectivity index (χ2v) is 4.46. The number of nitrogens with zero attached hydrogens (tertiary/aromatic N) is 3. The molecule has 0 saturated heterocycles. The normalized spacial score (nSPS) is 12.4. The molecule has 7 heteroatoms. The van der Waals surface area contributed by atoms with Crippen LogP contribution in [0.15, 0.2) is 12.3 Å². The van der Waals surface area contributed by atoms with Crippen molar-refractivity contribution in [2.45, 2.75) is 26.8 Å². The van der Waals surface area contributed by atoms with Gasteiger partial charge in [0.15, 0.2) is 0 Å². The standard InChI is InChI=1S/C13H22N4O3/c1-4-16(5-2)9-8-14-12(18)10(3)17-11(13(19)20)6-7-15-17/h6-7,10H,4-5,8-9H2,1-3H3,(H,14,18)(H,19,20). The van der Waals surface area contributed by atoms with E-state index in [1.54, 1.807) is 6.92 Å². The van der Waals surface area contributed by atoms with Gasteiger partial charge in [-0.3, -0.25) is 4.79 Å². The van der Waals surface area contributed by atoms with Crippen molar-refractivity contribution in [2.75, 3.05) is 26.2 Å². The molecule has 2 N–H and O–H groups in total. The molecule has 1 rings (SSSR count). The van der Waals surface area contributed by atoms with E-state index in [0.717, 1.165) is 19.6 Å². The van der Waals surface area contributed by atoms with Crippen molar-refractivity contribution in [3.63, 3.8) is 0 Å². The summed E-state index contributed by atoms with van der Waals surface area (Å²) in [6, 6.07) is 0.731. The van der Waals surface area contributed by atoms with Crippen LogP contribution < -0.4 is 5.32 Å². The van der Waals surface area contributed by atoms with E-state index < -0.39 is 12.0 Å². The molecule has 0 bridgehead atoms. The lowest BCUT2D eigenvalue weighted by Gasteiger charge is -2.19. The molecule has 1 amide bonds. The molecule has 1 heterocycles. The summed E-state index contributed by atoms with van der Waals surface area (Å²) in [5, 5.41) is 15.7. The third-order valence-corrected chi connectivity index (χ3v) is 3.26. The van der Waals surface area contributed by atoms with Gasteiger partial charge in [-0.05, 0) is 26.1 Å². The Labute approximate surface area is 118 Å². The Morgan fingerprint density at radius 3 is 2.65 bits per heavy atom. The minimum atomic E-state index is -1.09. The zero-order valence-corrected chi connectivity index (χ0v) is 12.2. The lowest BCUT2D eigenvalue weighted by Crippen LogP contribution is -2.38. The minimum Gasteiger partial charge on any atom is -0.477 e. The number of carboxylic acid groups (broad SMARTS) is 1. The van der Waals surface area contributed by atoms with Crippen LogP contribution in [-0.2, 0) is 4.79 Å². The van der Waals surface area contributed by atoms with Crippen molar-refractivity contribution in [1.29, 1.82) is 0 Å². The number of carboxylic acids is 1. The van der Waals surface area contributed by atoms with Crippen molar-refractivity contribution in [3.05, 3.63) is 18.0 Å². The second-order valence-electron chi connectivity index (χ2n) is 4.46. The summed E-state index contributed by atoms with van der Waals surface area (Å²) in [5.41, 5.74) is 0.0105. The Morgan fingerprint density at radius 1 is 1.45 bits per heavy atom. The molecule has 112 valence electrons. The molecule has 20 heavy (non-hydrogen) atoms. The molecule has 0 saturated carbocycles. The summed E-state index contributed by atoms with van der Waals surface area (Å²) in [4.78, 5) is 25.2. The monoisotopic (exact) mass is 282 g/mol. The van der Waals surface area contributed by atoms with Gasteiger partial charge in [0, 0.05) is 19.3 Å². The Hall–Kier alpha value is -1.89. The molecule has 1 atom stereocenters. The molecule has 0 aromatic carbocycles. The minimum absolute atomic E-state index is 0.0105. The van der Waals surface area contributed by atoms with Crippen LogP contribution in [0.2, 0.25) is 0 Å². The number of likely N-dealkylation sites (N-methyl/N-ethyl adjacent to an activating group) is 1. The first-order valence-electron chi connectivity index (χ1n) is 6.78. The van der Waals surface area contributed by atoms with Gasteiger partial charge in [0.2, 0.25) is 5.91 Å². The number of carbonyl (C=O) groups excluding carboxylic acids is 1. The van der Waals surface area contributed by atoms with Crippen LogP contribution in [0.5, 0.6) is 0 Å². The lowest BCUT2D eigenvalue weighted by molar-refractivity contribution is -0.124. The molecule has 0 radical (unpaired) electrons. The Kier molecular flexibility index (Phi) is 6.17. The van der Waals surface area contributed by atoms with Crippen molar-refractivity contribution < 1.29 is 14.7 Å². The molecule has 0 spiro atoms. The maximum absolute atomic E-state index is 12.0. The Balaban J connectivity index is 2.55. The van der Waals surface area contributed by atoms with Gasteiger partial charge >= 0.3 is 5.97 Å². The quantitative estimate of drug-likeness (QED) is 0.729. The molecule has 0 fully saturated rings. The summed E-state index contributed by atoms with van der Waals surface area (Å²) in [6.07, 6.45) is 1.38. The molecule has 1 aromatic rings. The van der Waals surface area contributed by atoms with Gasteiger partial charge in [0.1, 0.15) is 11.7 Å². The van der Waals surface area contributed by atoms with Crippen molar-refractivity contribution in [3.8, 4) is 0 Å². The van der Waals surface area contributed by atoms with E-state index in [-0.39, 0.29) is 11.6 Å². The van der Waals surface area contributed by atoms with Crippen LogP contribution in [0.25, 0.3) is 0 Å². The SMILES string of the molecule is CCN(CC)CCNC(=O)C(C)n1nccc1C(=O)O. The molecular weight excluding hydrogens is 260 g/mol. The van der Waals surface area contributed by atoms with Crippen molar-refractivity contribution >= 4 is 11.9 Å². The topological polar surface area (TPSA) is 87.5 Å². The van der Waals surface area contributed by atoms with E-state index >= 15 is 0 Å². The van der Waals surface area contributed by atoms with Crippen LogP contribution in [0.3, 0.4) is 0 Å². The Bertz CT molecular complexity index is 454. The number of hydrogen-bond acceptors (Lipinski definition) is 4. The summed E-state index contributed by atoms with van der Waals surface area (Å²) < 4.78 is 1.22. The molecule has 0 aliphatic heterocycles. The van der Waals surface area contributed by atoms with E-state index in [4.69, 9.17) is 5.11 Å². The van der Waals surface area contributed by atoms with Crippen LogP contribution in [0, 0.1) is 0 Å². The molecule has 0 aliphatic rings. The highest BCUT2D eigenvalue weighted by atomic mass is 16.4. The van der Waals surface area contributed by atoms with Crippen molar-refractivity contribution in [1.82, 2.24) is 20.0 Å². The van der Waals surface area contributed by atoms with E-state index in [0.29, 0.717) is 6.54 Å². The van der Waals surface area contributed by atoms with Crippen molar-refractivity contribution in [2.24, 2.45) is 0 Å². The third-order valence-electron chi connectivity index (χ3n) is 3.26. The van der Waals surface area contributed by atoms with E-state index in [1.807, 2.05) is 0 Å². The summed E-state index contributed by atoms with van der Waals surface area (Å²) in [6.45, 7) is 8.94. The predicted molar refractivity (Wildman–Crippen MR) is 74.7 cm³/mol. The summed E-state index contributed by atoms with van der Waals surface area (Å²) in [7, 11) is 0. The van der Waals surface area contributed by atoms with Gasteiger partial charge in [0.05, 0.1) is 0 Å². The highest BCUT2D eigenvalue weighted by molar-refractivity contribution is 5.87. The fraction of sp³-hybridized carbons (Fsp3) is 0.615. The van der Waals surface area contributed by atoms with Crippen LogP contribution in [0.1, 0.15) is 37.3 Å². The average Bonchev–Trinajstić information content (AvgIpc) is 2.92. The maximum atomic E-state index is 12.0. The highest BCUT2D eigenvalue weighted by Gasteiger charge is 2.20. The molecule has 1 unspecified atom stereocenters. The second kappa shape index (κ2) is 7.64. The number of nitrogens with one attached hydrogen (secondary N) is 1. The number of hydrogen-bond donors (Lipinski definition) is 2. The molecule has 0 aliphatic carbocycles. The van der Waals surface area contributed by atoms with Crippen LogP contribution >= 0.6 is 0 Å². The molecule has 1 aromatic heterocycles. The maximum Gasteiger partial charge on any atom is 0.354 e. The lowest BCUT2D eigenvalue weighted by atomic mass is 10.3. The fourth-order valence-electron chi connectivity index (χ4n) is 1.93. The van der Waals surface area contributed by atoms with E-state index in [1.165, 1.54) is 16.9 Å². The average molecular weight is 282 g/mol. The first-order chi connectivity index (χ1) is 9.51. The molecule has 7 nitrogen and oxygen atoms in total. The van der Waals surface area contributed by atoms with Gasteiger partial charge in [-0.25, -0.2) is 9.48 Å². The number of aromatic nitrogens is 2. The van der Waals surface area contributed by atoms with Gasteiger partial charge in [-0.2, -0.15) is 5.10 Å². The number of carbonyl (C=O) groups is 2. The van der Waals surface area contributed by atoms with Gasteiger partial charge in [-0.15, -0.1) is 0 Å². The van der Waals surface area contributed by atoms with Gasteiger partial charge in [-0.1, -0.05) is 13.8 Å². The van der Waals surface area contributed by atoms with Crippen LogP contribution in [-0.4, -0.2) is 57.8 Å². The third kappa shape index (κ3) is 4.06. The number of rotatable bonds is 8.